The molecule has 0 aromatic rings. The number of carbonyl (C=O) groups is 5. The van der Waals surface area contributed by atoms with E-state index in [1.165, 1.54) is 4.90 Å². The lowest BCUT2D eigenvalue weighted by Crippen LogP contribution is -2.59. The van der Waals surface area contributed by atoms with E-state index >= 15 is 0 Å². The summed E-state index contributed by atoms with van der Waals surface area (Å²) >= 11 is 0. The Kier molecular flexibility index (Phi) is 6.52. The van der Waals surface area contributed by atoms with Gasteiger partial charge in [-0.2, -0.15) is 0 Å². The van der Waals surface area contributed by atoms with E-state index in [4.69, 9.17) is 4.74 Å². The number of nitrogens with one attached hydrogen (secondary N) is 2. The average Bonchev–Trinajstić information content (AvgIpc) is 3.52. The first-order chi connectivity index (χ1) is 15.6. The number of ketones is 1. The van der Waals surface area contributed by atoms with Crippen LogP contribution in [0.2, 0.25) is 0 Å². The Morgan fingerprint density at radius 2 is 1.65 bits per heavy atom. The summed E-state index contributed by atoms with van der Waals surface area (Å²) in [5.41, 5.74) is -2.11. The molecule has 3 fully saturated rings. The minimum atomic E-state index is -1.26. The van der Waals surface area contributed by atoms with Gasteiger partial charge >= 0.3 is 12.1 Å². The summed E-state index contributed by atoms with van der Waals surface area (Å²) in [5, 5.41) is 5.41. The van der Waals surface area contributed by atoms with Crippen LogP contribution in [0, 0.1) is 23.2 Å². The molecule has 2 aliphatic carbocycles. The third kappa shape index (κ3) is 4.77. The van der Waals surface area contributed by atoms with Crippen molar-refractivity contribution < 1.29 is 33.4 Å². The van der Waals surface area contributed by atoms with Crippen LogP contribution >= 0.6 is 0 Å². The molecule has 1 aliphatic heterocycles. The maximum atomic E-state index is 13.6. The number of carbonyl (C=O) groups excluding carboxylic acids is 5. The Morgan fingerprint density at radius 1 is 1.06 bits per heavy atom. The SMILES string of the molecule is COC(=O)C(=O)C1(NC(=O)C2C3C(CN2C(=O)C(NC(=O)OC(C)(C)C)C(C)C)C3(C)C)CC1. The van der Waals surface area contributed by atoms with Gasteiger partial charge in [-0.25, -0.2) is 9.59 Å². The van der Waals surface area contributed by atoms with Crippen molar-refractivity contribution in [1.29, 1.82) is 0 Å². The standard InChI is InChI=1S/C24H37N3O7/c1-12(2)15(25-21(32)34-22(3,4)5)19(30)27-11-13-14(23(13,6)7)16(27)18(29)26-24(9-10-24)17(28)20(31)33-8/h12-16H,9-11H2,1-8H3,(H,25,32)(H,26,29). The lowest BCUT2D eigenvalue weighted by Gasteiger charge is -2.35. The van der Waals surface area contributed by atoms with Crippen LogP contribution in [0.5, 0.6) is 0 Å². The van der Waals surface area contributed by atoms with Crippen molar-refractivity contribution in [2.24, 2.45) is 23.2 Å². The molecule has 3 aliphatic rings. The van der Waals surface area contributed by atoms with E-state index in [0.717, 1.165) is 7.11 Å². The number of alkyl carbamates (subject to hydrolysis) is 1. The summed E-state index contributed by atoms with van der Waals surface area (Å²) in [6, 6.07) is -1.67. The number of piperidine rings is 1. The third-order valence-electron chi connectivity index (χ3n) is 7.28. The minimum Gasteiger partial charge on any atom is -0.463 e. The van der Waals surface area contributed by atoms with Gasteiger partial charge < -0.3 is 25.0 Å². The Labute approximate surface area is 200 Å². The van der Waals surface area contributed by atoms with E-state index in [2.05, 4.69) is 29.2 Å². The van der Waals surface area contributed by atoms with Gasteiger partial charge in [0, 0.05) is 6.54 Å². The Balaban J connectivity index is 1.79. The molecule has 10 nitrogen and oxygen atoms in total. The summed E-state index contributed by atoms with van der Waals surface area (Å²) in [6.07, 6.45) is -0.00918. The first-order valence-electron chi connectivity index (χ1n) is 11.8. The van der Waals surface area contributed by atoms with Crippen LogP contribution in [0.1, 0.15) is 61.3 Å². The van der Waals surface area contributed by atoms with Crippen molar-refractivity contribution in [2.75, 3.05) is 13.7 Å². The molecule has 0 radical (unpaired) electrons. The molecule has 2 N–H and O–H groups in total. The Morgan fingerprint density at radius 3 is 2.12 bits per heavy atom. The number of hydrogen-bond donors (Lipinski definition) is 2. The predicted octanol–water partition coefficient (Wildman–Crippen LogP) is 1.41. The maximum absolute atomic E-state index is 13.6. The molecule has 190 valence electrons. The van der Waals surface area contributed by atoms with Gasteiger partial charge in [0.25, 0.3) is 5.78 Å². The smallest absolute Gasteiger partial charge is 0.408 e. The molecule has 10 heteroatoms. The zero-order chi connectivity index (χ0) is 25.8. The van der Waals surface area contributed by atoms with Gasteiger partial charge in [0.1, 0.15) is 23.2 Å². The first kappa shape index (κ1) is 26.0. The van der Waals surface area contributed by atoms with Crippen LogP contribution in [-0.4, -0.2) is 71.4 Å². The largest absolute Gasteiger partial charge is 0.463 e. The highest BCUT2D eigenvalue weighted by Crippen LogP contribution is 2.65. The molecule has 1 saturated heterocycles. The monoisotopic (exact) mass is 479 g/mol. The van der Waals surface area contributed by atoms with Gasteiger partial charge in [-0.1, -0.05) is 27.7 Å². The van der Waals surface area contributed by atoms with Crippen LogP contribution < -0.4 is 10.6 Å². The highest BCUT2D eigenvalue weighted by Gasteiger charge is 2.70. The average molecular weight is 480 g/mol. The molecule has 0 aromatic heterocycles. The molecule has 2 saturated carbocycles. The van der Waals surface area contributed by atoms with Gasteiger partial charge in [0.05, 0.1) is 7.11 Å². The molecular formula is C24H37N3O7. The normalized spacial score (nSPS) is 26.7. The second-order valence-electron chi connectivity index (χ2n) is 11.6. The van der Waals surface area contributed by atoms with Crippen LogP contribution in [-0.2, 0) is 28.7 Å². The topological polar surface area (TPSA) is 131 Å². The van der Waals surface area contributed by atoms with E-state index in [1.54, 1.807) is 20.8 Å². The van der Waals surface area contributed by atoms with Gasteiger partial charge in [0.15, 0.2) is 0 Å². The zero-order valence-corrected chi connectivity index (χ0v) is 21.3. The number of fused-ring (bicyclic) bond motifs is 1. The molecule has 4 unspecified atom stereocenters. The molecule has 34 heavy (non-hydrogen) atoms. The number of esters is 1. The van der Waals surface area contributed by atoms with Crippen molar-refractivity contribution in [1.82, 2.24) is 15.5 Å². The van der Waals surface area contributed by atoms with Crippen molar-refractivity contribution in [3.63, 3.8) is 0 Å². The highest BCUT2D eigenvalue weighted by atomic mass is 16.6. The zero-order valence-electron chi connectivity index (χ0n) is 21.3. The molecule has 0 spiro atoms. The number of amides is 3. The molecule has 1 heterocycles. The fraction of sp³-hybridized carbons (Fsp3) is 0.792. The molecular weight excluding hydrogens is 442 g/mol. The van der Waals surface area contributed by atoms with Gasteiger partial charge in [-0.15, -0.1) is 0 Å². The second-order valence-corrected chi connectivity index (χ2v) is 11.6. The van der Waals surface area contributed by atoms with Gasteiger partial charge in [0.2, 0.25) is 11.8 Å². The summed E-state index contributed by atoms with van der Waals surface area (Å²) in [7, 11) is 1.12. The Bertz CT molecular complexity index is 901. The quantitative estimate of drug-likeness (QED) is 0.417. The molecule has 0 aromatic carbocycles. The summed E-state index contributed by atoms with van der Waals surface area (Å²) in [6.45, 7) is 13.3. The number of Topliss-reactive ketones (excluding diaryl/α,β-unsaturated/α-hetero) is 1. The molecule has 0 bridgehead atoms. The fourth-order valence-corrected chi connectivity index (χ4v) is 5.07. The predicted molar refractivity (Wildman–Crippen MR) is 121 cm³/mol. The highest BCUT2D eigenvalue weighted by molar-refractivity contribution is 6.38. The summed E-state index contributed by atoms with van der Waals surface area (Å²) < 4.78 is 9.86. The molecule has 3 rings (SSSR count). The second kappa shape index (κ2) is 8.53. The number of rotatable bonds is 7. The lowest BCUT2D eigenvalue weighted by atomic mass is 9.97. The van der Waals surface area contributed by atoms with E-state index in [1.807, 2.05) is 13.8 Å². The van der Waals surface area contributed by atoms with Gasteiger partial charge in [-0.3, -0.25) is 14.4 Å². The van der Waals surface area contributed by atoms with Crippen molar-refractivity contribution in [2.45, 2.75) is 84.5 Å². The first-order valence-corrected chi connectivity index (χ1v) is 11.8. The number of likely N-dealkylation sites (tertiary alicyclic amines) is 1. The van der Waals surface area contributed by atoms with Crippen molar-refractivity contribution in [3.8, 4) is 0 Å². The van der Waals surface area contributed by atoms with Crippen LogP contribution in [0.15, 0.2) is 0 Å². The number of ether oxygens (including phenoxy) is 2. The van der Waals surface area contributed by atoms with Crippen LogP contribution in [0.3, 0.4) is 0 Å². The fourth-order valence-electron chi connectivity index (χ4n) is 5.07. The third-order valence-corrected chi connectivity index (χ3v) is 7.28. The van der Waals surface area contributed by atoms with Crippen molar-refractivity contribution >= 4 is 29.7 Å². The van der Waals surface area contributed by atoms with Crippen molar-refractivity contribution in [3.05, 3.63) is 0 Å². The molecule has 4 atom stereocenters. The summed E-state index contributed by atoms with van der Waals surface area (Å²) in [5.74, 6) is -2.79. The number of nitrogens with zero attached hydrogens (tertiary/aromatic N) is 1. The molecule has 3 amide bonds. The van der Waals surface area contributed by atoms with Gasteiger partial charge in [-0.05, 0) is 56.8 Å². The Hall–Kier alpha value is -2.65. The maximum Gasteiger partial charge on any atom is 0.408 e. The minimum absolute atomic E-state index is 0.0742. The van der Waals surface area contributed by atoms with E-state index < -0.39 is 47.0 Å². The van der Waals surface area contributed by atoms with Crippen LogP contribution in [0.25, 0.3) is 0 Å². The summed E-state index contributed by atoms with van der Waals surface area (Å²) in [4.78, 5) is 65.1. The number of methoxy groups -OCH3 is 1. The van der Waals surface area contributed by atoms with E-state index in [0.29, 0.717) is 19.4 Å². The van der Waals surface area contributed by atoms with E-state index in [-0.39, 0.29) is 29.1 Å². The van der Waals surface area contributed by atoms with Crippen LogP contribution in [0.4, 0.5) is 4.79 Å². The lowest BCUT2D eigenvalue weighted by molar-refractivity contribution is -0.154. The number of hydrogen-bond acceptors (Lipinski definition) is 7. The van der Waals surface area contributed by atoms with E-state index in [9.17, 15) is 24.0 Å².